The first-order chi connectivity index (χ1) is 8.19. The number of likely N-dealkylation sites (tertiary alicyclic amines) is 1. The third-order valence-electron chi connectivity index (χ3n) is 3.22. The zero-order valence-electron chi connectivity index (χ0n) is 10.4. The molecule has 17 heavy (non-hydrogen) atoms. The third-order valence-corrected chi connectivity index (χ3v) is 4.72. The lowest BCUT2D eigenvalue weighted by molar-refractivity contribution is 0.248. The second kappa shape index (κ2) is 5.91. The minimum atomic E-state index is 0.548. The molecule has 0 N–H and O–H groups in total. The SMILES string of the molecule is CCc1cc(C#CC2CCN(C)CC2)c(Cl)s1. The molecule has 1 saturated heterocycles. The normalized spacial score (nSPS) is 17.8. The lowest BCUT2D eigenvalue weighted by Gasteiger charge is -2.25. The van der Waals surface area contributed by atoms with Gasteiger partial charge in [0, 0.05) is 10.8 Å². The molecular formula is C14H18ClNS. The minimum absolute atomic E-state index is 0.548. The molecule has 1 fully saturated rings. The molecule has 0 radical (unpaired) electrons. The van der Waals surface area contributed by atoms with Crippen molar-refractivity contribution in [3.8, 4) is 11.8 Å². The predicted octanol–water partition coefficient (Wildman–Crippen LogP) is 3.66. The van der Waals surface area contributed by atoms with Gasteiger partial charge in [-0.05, 0) is 45.5 Å². The van der Waals surface area contributed by atoms with Gasteiger partial charge < -0.3 is 4.90 Å². The molecule has 1 aromatic heterocycles. The topological polar surface area (TPSA) is 3.24 Å². The summed E-state index contributed by atoms with van der Waals surface area (Å²) in [6.07, 6.45) is 3.41. The molecule has 3 heteroatoms. The van der Waals surface area contributed by atoms with Crippen LogP contribution in [0.4, 0.5) is 0 Å². The zero-order valence-corrected chi connectivity index (χ0v) is 12.0. The Bertz CT molecular complexity index is 433. The van der Waals surface area contributed by atoms with Crippen molar-refractivity contribution in [2.45, 2.75) is 26.2 Å². The Morgan fingerprint density at radius 1 is 1.47 bits per heavy atom. The van der Waals surface area contributed by atoms with E-state index < -0.39 is 0 Å². The Balaban J connectivity index is 2.02. The van der Waals surface area contributed by atoms with Crippen molar-refractivity contribution in [1.82, 2.24) is 4.90 Å². The van der Waals surface area contributed by atoms with Gasteiger partial charge in [0.2, 0.25) is 0 Å². The summed E-state index contributed by atoms with van der Waals surface area (Å²) in [5.41, 5.74) is 1.02. The molecule has 92 valence electrons. The van der Waals surface area contributed by atoms with E-state index >= 15 is 0 Å². The van der Waals surface area contributed by atoms with Crippen LogP contribution in [-0.4, -0.2) is 25.0 Å². The third kappa shape index (κ3) is 3.48. The van der Waals surface area contributed by atoms with Crippen LogP contribution in [0.25, 0.3) is 0 Å². The number of thiophene rings is 1. The summed E-state index contributed by atoms with van der Waals surface area (Å²) in [7, 11) is 2.17. The fraction of sp³-hybridized carbons (Fsp3) is 0.571. The summed E-state index contributed by atoms with van der Waals surface area (Å²) < 4.78 is 0.849. The Labute approximate surface area is 113 Å². The molecule has 1 aliphatic heterocycles. The first-order valence-electron chi connectivity index (χ1n) is 6.17. The van der Waals surface area contributed by atoms with Crippen LogP contribution in [0.15, 0.2) is 6.07 Å². The molecule has 1 aromatic rings. The molecule has 2 heterocycles. The standard InChI is InChI=1S/C14H18ClNS/c1-3-13-10-12(14(15)17-13)5-4-11-6-8-16(2)9-7-11/h10-11H,3,6-9H2,1-2H3. The first kappa shape index (κ1) is 13.0. The monoisotopic (exact) mass is 267 g/mol. The lowest BCUT2D eigenvalue weighted by Crippen LogP contribution is -2.29. The van der Waals surface area contributed by atoms with Crippen molar-refractivity contribution in [1.29, 1.82) is 0 Å². The number of hydrogen-bond acceptors (Lipinski definition) is 2. The van der Waals surface area contributed by atoms with Crippen molar-refractivity contribution in [2.24, 2.45) is 5.92 Å². The van der Waals surface area contributed by atoms with Crippen LogP contribution < -0.4 is 0 Å². The second-order valence-electron chi connectivity index (χ2n) is 4.60. The van der Waals surface area contributed by atoms with Gasteiger partial charge in [-0.25, -0.2) is 0 Å². The van der Waals surface area contributed by atoms with E-state index in [2.05, 4.69) is 36.8 Å². The maximum atomic E-state index is 6.17. The summed E-state index contributed by atoms with van der Waals surface area (Å²) >= 11 is 7.83. The summed E-state index contributed by atoms with van der Waals surface area (Å²) in [6.45, 7) is 4.48. The van der Waals surface area contributed by atoms with Gasteiger partial charge in [0.15, 0.2) is 0 Å². The Hall–Kier alpha value is -0.490. The quantitative estimate of drug-likeness (QED) is 0.702. The van der Waals surface area contributed by atoms with Gasteiger partial charge in [-0.15, -0.1) is 11.3 Å². The van der Waals surface area contributed by atoms with Gasteiger partial charge in [-0.1, -0.05) is 30.4 Å². The number of rotatable bonds is 1. The van der Waals surface area contributed by atoms with Crippen LogP contribution in [-0.2, 0) is 6.42 Å². The van der Waals surface area contributed by atoms with E-state index in [0.717, 1.165) is 29.4 Å². The van der Waals surface area contributed by atoms with E-state index in [9.17, 15) is 0 Å². The number of hydrogen-bond donors (Lipinski definition) is 0. The van der Waals surface area contributed by atoms with E-state index in [-0.39, 0.29) is 0 Å². The lowest BCUT2D eigenvalue weighted by atomic mass is 9.97. The maximum Gasteiger partial charge on any atom is 0.109 e. The minimum Gasteiger partial charge on any atom is -0.306 e. The van der Waals surface area contributed by atoms with E-state index in [1.165, 1.54) is 17.7 Å². The van der Waals surface area contributed by atoms with Crippen LogP contribution in [0.3, 0.4) is 0 Å². The molecule has 0 aromatic carbocycles. The van der Waals surface area contributed by atoms with E-state index in [4.69, 9.17) is 11.6 Å². The van der Waals surface area contributed by atoms with Crippen molar-refractivity contribution in [3.63, 3.8) is 0 Å². The van der Waals surface area contributed by atoms with Crippen molar-refractivity contribution >= 4 is 22.9 Å². The smallest absolute Gasteiger partial charge is 0.109 e. The maximum absolute atomic E-state index is 6.17. The highest BCUT2D eigenvalue weighted by molar-refractivity contribution is 7.16. The van der Waals surface area contributed by atoms with E-state index in [1.807, 2.05) is 0 Å². The molecule has 0 saturated carbocycles. The van der Waals surface area contributed by atoms with Gasteiger partial charge >= 0.3 is 0 Å². The molecule has 0 atom stereocenters. The van der Waals surface area contributed by atoms with Crippen LogP contribution >= 0.6 is 22.9 Å². The molecule has 0 spiro atoms. The second-order valence-corrected chi connectivity index (χ2v) is 6.34. The molecule has 1 aliphatic rings. The average Bonchev–Trinajstić information content (AvgIpc) is 2.69. The highest BCUT2D eigenvalue weighted by atomic mass is 35.5. The predicted molar refractivity (Wildman–Crippen MR) is 75.8 cm³/mol. The van der Waals surface area contributed by atoms with Crippen LogP contribution in [0.5, 0.6) is 0 Å². The largest absolute Gasteiger partial charge is 0.306 e. The molecule has 0 unspecified atom stereocenters. The van der Waals surface area contributed by atoms with Crippen LogP contribution in [0.2, 0.25) is 4.34 Å². The highest BCUT2D eigenvalue weighted by Gasteiger charge is 2.14. The van der Waals surface area contributed by atoms with Gasteiger partial charge in [0.05, 0.1) is 5.56 Å². The number of piperidine rings is 1. The summed E-state index contributed by atoms with van der Waals surface area (Å²) in [4.78, 5) is 3.69. The summed E-state index contributed by atoms with van der Waals surface area (Å²) in [6, 6.07) is 2.13. The van der Waals surface area contributed by atoms with Crippen molar-refractivity contribution in [3.05, 3.63) is 20.8 Å². The van der Waals surface area contributed by atoms with Crippen molar-refractivity contribution in [2.75, 3.05) is 20.1 Å². The Morgan fingerprint density at radius 3 is 2.76 bits per heavy atom. The van der Waals surface area contributed by atoms with Gasteiger partial charge in [-0.2, -0.15) is 0 Å². The molecule has 0 amide bonds. The van der Waals surface area contributed by atoms with E-state index in [1.54, 1.807) is 11.3 Å². The summed E-state index contributed by atoms with van der Waals surface area (Å²) in [5, 5.41) is 0. The number of nitrogens with zero attached hydrogens (tertiary/aromatic N) is 1. The zero-order chi connectivity index (χ0) is 12.3. The first-order valence-corrected chi connectivity index (χ1v) is 7.36. The Morgan fingerprint density at radius 2 is 2.18 bits per heavy atom. The van der Waals surface area contributed by atoms with Gasteiger partial charge in [0.25, 0.3) is 0 Å². The molecule has 2 rings (SSSR count). The van der Waals surface area contributed by atoms with Crippen molar-refractivity contribution < 1.29 is 0 Å². The number of aryl methyl sites for hydroxylation is 1. The average molecular weight is 268 g/mol. The number of halogens is 1. The van der Waals surface area contributed by atoms with Crippen LogP contribution in [0.1, 0.15) is 30.2 Å². The van der Waals surface area contributed by atoms with Gasteiger partial charge in [0.1, 0.15) is 4.34 Å². The van der Waals surface area contributed by atoms with Gasteiger partial charge in [-0.3, -0.25) is 0 Å². The highest BCUT2D eigenvalue weighted by Crippen LogP contribution is 2.27. The molecular weight excluding hydrogens is 250 g/mol. The molecule has 0 aliphatic carbocycles. The fourth-order valence-corrected chi connectivity index (χ4v) is 3.18. The fourth-order valence-electron chi connectivity index (χ4n) is 2.01. The molecule has 1 nitrogen and oxygen atoms in total. The van der Waals surface area contributed by atoms with Crippen LogP contribution in [0, 0.1) is 17.8 Å². The summed E-state index contributed by atoms with van der Waals surface area (Å²) in [5.74, 6) is 7.19. The molecule has 0 bridgehead atoms. The van der Waals surface area contributed by atoms with E-state index in [0.29, 0.717) is 5.92 Å². The Kier molecular flexibility index (Phi) is 4.50.